The summed E-state index contributed by atoms with van der Waals surface area (Å²) in [6, 6.07) is 70.5. The van der Waals surface area contributed by atoms with E-state index in [2.05, 4.69) is 217 Å². The number of benzene rings is 8. The van der Waals surface area contributed by atoms with Gasteiger partial charge < -0.3 is 4.90 Å². The van der Waals surface area contributed by atoms with E-state index in [1.54, 1.807) is 0 Å². The average molecular weight is 678 g/mol. The van der Waals surface area contributed by atoms with Crippen molar-refractivity contribution in [2.45, 2.75) is 12.8 Å². The van der Waals surface area contributed by atoms with Crippen molar-refractivity contribution < 1.29 is 0 Å². The van der Waals surface area contributed by atoms with E-state index in [9.17, 15) is 0 Å². The smallest absolute Gasteiger partial charge is 0.0468 e. The van der Waals surface area contributed by atoms with Crippen LogP contribution in [0.25, 0.3) is 60.9 Å². The molecule has 0 spiro atoms. The second kappa shape index (κ2) is 14.5. The first kappa shape index (κ1) is 32.2. The minimum absolute atomic E-state index is 1.10. The van der Waals surface area contributed by atoms with Crippen molar-refractivity contribution in [2.75, 3.05) is 4.90 Å². The van der Waals surface area contributed by atoms with E-state index >= 15 is 0 Å². The first-order chi connectivity index (χ1) is 26.3. The van der Waals surface area contributed by atoms with E-state index < -0.39 is 0 Å². The van der Waals surface area contributed by atoms with Gasteiger partial charge in [0.1, 0.15) is 0 Å². The van der Waals surface area contributed by atoms with E-state index in [0.717, 1.165) is 29.9 Å². The maximum Gasteiger partial charge on any atom is 0.0468 e. The first-order valence-electron chi connectivity index (χ1n) is 18.5. The zero-order valence-corrected chi connectivity index (χ0v) is 29.6. The van der Waals surface area contributed by atoms with Crippen molar-refractivity contribution in [3.63, 3.8) is 0 Å². The van der Waals surface area contributed by atoms with Gasteiger partial charge in [-0.1, -0.05) is 176 Å². The van der Waals surface area contributed by atoms with E-state index in [1.165, 1.54) is 66.4 Å². The van der Waals surface area contributed by atoms with Crippen LogP contribution in [-0.2, 0) is 0 Å². The molecular weight excluding hydrogens is 639 g/mol. The lowest BCUT2D eigenvalue weighted by molar-refractivity contribution is 1.04. The number of allylic oxidation sites excluding steroid dienone is 4. The SMILES string of the molecule is C1=CC(c2ccc(-c3ccc(N(c4ccc(-c5cccc6ccccc56)cc4)c4ccc(-c5ccccc5)c(-c5ccccc5)c4)cc3)cc2)=CCC1. The topological polar surface area (TPSA) is 3.24 Å². The molecule has 9 rings (SSSR count). The van der Waals surface area contributed by atoms with Gasteiger partial charge in [0.15, 0.2) is 0 Å². The molecule has 0 radical (unpaired) electrons. The lowest BCUT2D eigenvalue weighted by atomic mass is 9.93. The Morgan fingerprint density at radius 2 is 0.868 bits per heavy atom. The maximum atomic E-state index is 2.38. The normalized spacial score (nSPS) is 12.4. The van der Waals surface area contributed by atoms with Crippen LogP contribution in [0.3, 0.4) is 0 Å². The highest BCUT2D eigenvalue weighted by molar-refractivity contribution is 5.97. The van der Waals surface area contributed by atoms with Gasteiger partial charge in [-0.2, -0.15) is 0 Å². The number of nitrogens with zero attached hydrogens (tertiary/aromatic N) is 1. The monoisotopic (exact) mass is 677 g/mol. The van der Waals surface area contributed by atoms with Crippen molar-refractivity contribution >= 4 is 33.4 Å². The van der Waals surface area contributed by atoms with Crippen LogP contribution in [0.5, 0.6) is 0 Å². The molecule has 0 aliphatic heterocycles. The van der Waals surface area contributed by atoms with Gasteiger partial charge in [0, 0.05) is 17.1 Å². The van der Waals surface area contributed by atoms with Crippen molar-refractivity contribution in [3.05, 3.63) is 218 Å². The summed E-state index contributed by atoms with van der Waals surface area (Å²) in [6.45, 7) is 0. The Morgan fingerprint density at radius 3 is 1.53 bits per heavy atom. The molecule has 0 bridgehead atoms. The average Bonchev–Trinajstić information content (AvgIpc) is 3.25. The van der Waals surface area contributed by atoms with Crippen molar-refractivity contribution in [1.29, 1.82) is 0 Å². The summed E-state index contributed by atoms with van der Waals surface area (Å²) in [5, 5.41) is 2.51. The molecule has 8 aromatic carbocycles. The van der Waals surface area contributed by atoms with Crippen LogP contribution in [-0.4, -0.2) is 0 Å². The fraction of sp³-hybridized carbons (Fsp3) is 0.0385. The molecule has 8 aromatic rings. The van der Waals surface area contributed by atoms with Gasteiger partial charge in [0.05, 0.1) is 0 Å². The zero-order chi connectivity index (χ0) is 35.4. The minimum Gasteiger partial charge on any atom is -0.310 e. The van der Waals surface area contributed by atoms with Gasteiger partial charge in [0.25, 0.3) is 0 Å². The summed E-state index contributed by atoms with van der Waals surface area (Å²) in [4.78, 5) is 2.38. The second-order valence-electron chi connectivity index (χ2n) is 13.6. The summed E-state index contributed by atoms with van der Waals surface area (Å²) >= 11 is 0. The molecule has 0 N–H and O–H groups in total. The van der Waals surface area contributed by atoms with E-state index in [1.807, 2.05) is 0 Å². The van der Waals surface area contributed by atoms with Crippen LogP contribution in [0.15, 0.2) is 212 Å². The molecule has 0 amide bonds. The summed E-state index contributed by atoms with van der Waals surface area (Å²) in [5.74, 6) is 0. The lowest BCUT2D eigenvalue weighted by Gasteiger charge is -2.27. The molecule has 0 unspecified atom stereocenters. The van der Waals surface area contributed by atoms with Gasteiger partial charge >= 0.3 is 0 Å². The highest BCUT2D eigenvalue weighted by atomic mass is 15.1. The van der Waals surface area contributed by atoms with Gasteiger partial charge in [-0.25, -0.2) is 0 Å². The molecule has 0 heterocycles. The van der Waals surface area contributed by atoms with E-state index in [4.69, 9.17) is 0 Å². The van der Waals surface area contributed by atoms with Gasteiger partial charge in [-0.3, -0.25) is 0 Å². The van der Waals surface area contributed by atoms with Crippen LogP contribution in [0.2, 0.25) is 0 Å². The number of hydrogen-bond donors (Lipinski definition) is 0. The molecule has 0 atom stereocenters. The third-order valence-electron chi connectivity index (χ3n) is 10.3. The molecule has 1 heteroatoms. The Balaban J connectivity index is 1.13. The Morgan fingerprint density at radius 1 is 0.340 bits per heavy atom. The molecule has 0 fully saturated rings. The van der Waals surface area contributed by atoms with Crippen molar-refractivity contribution in [1.82, 2.24) is 0 Å². The van der Waals surface area contributed by atoms with Gasteiger partial charge in [-0.05, 0) is 116 Å². The molecule has 252 valence electrons. The van der Waals surface area contributed by atoms with Crippen LogP contribution in [0.1, 0.15) is 18.4 Å². The molecule has 0 aromatic heterocycles. The third kappa shape index (κ3) is 6.62. The van der Waals surface area contributed by atoms with Crippen molar-refractivity contribution in [2.24, 2.45) is 0 Å². The number of fused-ring (bicyclic) bond motifs is 1. The fourth-order valence-corrected chi connectivity index (χ4v) is 7.60. The van der Waals surface area contributed by atoms with Gasteiger partial charge in [0.2, 0.25) is 0 Å². The Bertz CT molecular complexity index is 2550. The largest absolute Gasteiger partial charge is 0.310 e. The number of hydrogen-bond acceptors (Lipinski definition) is 1. The number of rotatable bonds is 8. The first-order valence-corrected chi connectivity index (χ1v) is 18.5. The molecular formula is C52H39N. The zero-order valence-electron chi connectivity index (χ0n) is 29.6. The Hall–Kier alpha value is -6.70. The highest BCUT2D eigenvalue weighted by Gasteiger charge is 2.17. The molecule has 1 aliphatic rings. The summed E-state index contributed by atoms with van der Waals surface area (Å²) in [7, 11) is 0. The molecule has 1 aliphatic carbocycles. The van der Waals surface area contributed by atoms with Crippen LogP contribution in [0, 0.1) is 0 Å². The molecule has 53 heavy (non-hydrogen) atoms. The Kier molecular flexibility index (Phi) is 8.82. The molecule has 0 saturated heterocycles. The predicted molar refractivity (Wildman–Crippen MR) is 227 cm³/mol. The van der Waals surface area contributed by atoms with E-state index in [0.29, 0.717) is 0 Å². The van der Waals surface area contributed by atoms with Crippen molar-refractivity contribution in [3.8, 4) is 44.5 Å². The quantitative estimate of drug-likeness (QED) is 0.155. The number of anilines is 3. The van der Waals surface area contributed by atoms with Crippen LogP contribution in [0.4, 0.5) is 17.1 Å². The van der Waals surface area contributed by atoms with Gasteiger partial charge in [-0.15, -0.1) is 0 Å². The standard InChI is InChI=1S/C52H39N/c1-4-13-38(14-5-1)39-23-25-40(26-24-39)41-27-31-46(32-28-41)53(47-33-29-45(30-34-47)50-22-12-20-43-19-10-11-21-49(43)50)48-35-36-51(42-15-6-2-7-16-42)52(37-48)44-17-8-3-9-18-44/h2-4,6-37H,1,5H2. The summed E-state index contributed by atoms with van der Waals surface area (Å²) in [5.41, 5.74) is 15.6. The predicted octanol–water partition coefficient (Wildman–Crippen LogP) is 14.7. The minimum atomic E-state index is 1.10. The maximum absolute atomic E-state index is 2.38. The lowest BCUT2D eigenvalue weighted by Crippen LogP contribution is -2.10. The molecule has 0 saturated carbocycles. The highest BCUT2D eigenvalue weighted by Crippen LogP contribution is 2.42. The fourth-order valence-electron chi connectivity index (χ4n) is 7.60. The van der Waals surface area contributed by atoms with Crippen LogP contribution < -0.4 is 4.90 Å². The third-order valence-corrected chi connectivity index (χ3v) is 10.3. The summed E-state index contributed by atoms with van der Waals surface area (Å²) < 4.78 is 0. The second-order valence-corrected chi connectivity index (χ2v) is 13.6. The van der Waals surface area contributed by atoms with Crippen LogP contribution >= 0.6 is 0 Å². The molecule has 1 nitrogen and oxygen atoms in total. The summed E-state index contributed by atoms with van der Waals surface area (Å²) in [6.07, 6.45) is 9.08. The Labute approximate surface area is 312 Å². The van der Waals surface area contributed by atoms with E-state index in [-0.39, 0.29) is 0 Å².